The zero-order valence-electron chi connectivity index (χ0n) is 19.9. The Kier molecular flexibility index (Phi) is 7.14. The minimum Gasteiger partial charge on any atom is -0.406 e. The standard InChI is InChI=1S/C29H34N2OSi/c1-29(2,3)33(27-15-9-5-10-16-27,28-17-11-6-12-18-28)32-23-26-19-25(20-30)22-31(26)21-24-13-7-4-8-14-24/h4-18,25-26H,19,21-23H2,1-3H3/t25?,26-/m0/s1. The number of rotatable bonds is 7. The topological polar surface area (TPSA) is 36.3 Å². The molecule has 0 saturated carbocycles. The van der Waals surface area contributed by atoms with Crippen LogP contribution in [0.4, 0.5) is 0 Å². The van der Waals surface area contributed by atoms with E-state index in [1.165, 1.54) is 15.9 Å². The van der Waals surface area contributed by atoms with Gasteiger partial charge in [0.2, 0.25) is 0 Å². The van der Waals surface area contributed by atoms with E-state index in [9.17, 15) is 5.26 Å². The quantitative estimate of drug-likeness (QED) is 0.473. The Balaban J connectivity index is 1.67. The molecular weight excluding hydrogens is 420 g/mol. The fourth-order valence-corrected chi connectivity index (χ4v) is 9.84. The van der Waals surface area contributed by atoms with Gasteiger partial charge in [-0.05, 0) is 27.4 Å². The molecule has 1 unspecified atom stereocenters. The first-order valence-corrected chi connectivity index (χ1v) is 13.8. The van der Waals surface area contributed by atoms with Crippen LogP contribution in [-0.4, -0.2) is 32.4 Å². The van der Waals surface area contributed by atoms with Crippen molar-refractivity contribution in [3.63, 3.8) is 0 Å². The molecule has 1 aliphatic rings. The summed E-state index contributed by atoms with van der Waals surface area (Å²) in [5.74, 6) is 0.0569. The second-order valence-corrected chi connectivity index (χ2v) is 14.4. The fraction of sp³-hybridized carbons (Fsp3) is 0.345. The van der Waals surface area contributed by atoms with Gasteiger partial charge in [0.1, 0.15) is 0 Å². The van der Waals surface area contributed by atoms with E-state index in [1.807, 2.05) is 0 Å². The Labute approximate surface area is 199 Å². The smallest absolute Gasteiger partial charge is 0.261 e. The molecule has 0 amide bonds. The lowest BCUT2D eigenvalue weighted by molar-refractivity contribution is 0.160. The predicted octanol–water partition coefficient (Wildman–Crippen LogP) is 4.98. The van der Waals surface area contributed by atoms with Crippen LogP contribution in [-0.2, 0) is 11.0 Å². The van der Waals surface area contributed by atoms with Gasteiger partial charge < -0.3 is 4.43 Å². The van der Waals surface area contributed by atoms with Crippen molar-refractivity contribution in [1.29, 1.82) is 5.26 Å². The first-order chi connectivity index (χ1) is 15.9. The van der Waals surface area contributed by atoms with Crippen LogP contribution in [0.1, 0.15) is 32.8 Å². The second-order valence-electron chi connectivity index (χ2n) is 10.1. The van der Waals surface area contributed by atoms with Crippen LogP contribution in [0.25, 0.3) is 0 Å². The maximum atomic E-state index is 9.67. The van der Waals surface area contributed by atoms with Crippen LogP contribution >= 0.6 is 0 Å². The number of benzene rings is 3. The van der Waals surface area contributed by atoms with E-state index in [2.05, 4.69) is 123 Å². The largest absolute Gasteiger partial charge is 0.406 e. The molecule has 3 aromatic rings. The summed E-state index contributed by atoms with van der Waals surface area (Å²) in [7, 11) is -2.58. The van der Waals surface area contributed by atoms with Crippen molar-refractivity contribution in [2.24, 2.45) is 5.92 Å². The number of nitriles is 1. The highest BCUT2D eigenvalue weighted by molar-refractivity contribution is 6.99. The van der Waals surface area contributed by atoms with Crippen LogP contribution in [0.3, 0.4) is 0 Å². The Morgan fingerprint density at radius 3 is 1.88 bits per heavy atom. The maximum Gasteiger partial charge on any atom is 0.261 e. The van der Waals surface area contributed by atoms with Crippen molar-refractivity contribution in [1.82, 2.24) is 4.90 Å². The molecule has 4 rings (SSSR count). The molecule has 1 saturated heterocycles. The summed E-state index contributed by atoms with van der Waals surface area (Å²) in [6.07, 6.45) is 0.863. The summed E-state index contributed by atoms with van der Waals surface area (Å²) in [6.45, 7) is 9.24. The average molecular weight is 455 g/mol. The van der Waals surface area contributed by atoms with E-state index >= 15 is 0 Å². The van der Waals surface area contributed by atoms with Crippen LogP contribution < -0.4 is 10.4 Å². The van der Waals surface area contributed by atoms with Crippen molar-refractivity contribution in [2.75, 3.05) is 13.2 Å². The fourth-order valence-electron chi connectivity index (χ4n) is 5.25. The summed E-state index contributed by atoms with van der Waals surface area (Å²) in [5, 5.41) is 12.2. The summed E-state index contributed by atoms with van der Waals surface area (Å²) in [6, 6.07) is 34.9. The van der Waals surface area contributed by atoms with Crippen LogP contribution in [0.2, 0.25) is 5.04 Å². The monoisotopic (exact) mass is 454 g/mol. The molecule has 3 aromatic carbocycles. The van der Waals surface area contributed by atoms with Crippen molar-refractivity contribution < 1.29 is 4.43 Å². The lowest BCUT2D eigenvalue weighted by Crippen LogP contribution is -2.67. The molecular formula is C29H34N2OSi. The van der Waals surface area contributed by atoms with Gasteiger partial charge in [0.05, 0.1) is 18.6 Å². The minimum atomic E-state index is -2.58. The maximum absolute atomic E-state index is 9.67. The molecule has 0 N–H and O–H groups in total. The molecule has 0 spiro atoms. The molecule has 0 aromatic heterocycles. The van der Waals surface area contributed by atoms with E-state index in [0.29, 0.717) is 6.61 Å². The molecule has 4 heteroatoms. The number of likely N-dealkylation sites (tertiary alicyclic amines) is 1. The summed E-state index contributed by atoms with van der Waals surface area (Å²) in [4.78, 5) is 2.45. The van der Waals surface area contributed by atoms with Gasteiger partial charge in [0, 0.05) is 19.1 Å². The molecule has 1 fully saturated rings. The van der Waals surface area contributed by atoms with Crippen LogP contribution in [0.5, 0.6) is 0 Å². The van der Waals surface area contributed by atoms with Crippen LogP contribution in [0, 0.1) is 17.2 Å². The highest BCUT2D eigenvalue weighted by atomic mass is 28.4. The molecule has 0 bridgehead atoms. The zero-order valence-corrected chi connectivity index (χ0v) is 20.9. The van der Waals surface area contributed by atoms with Crippen molar-refractivity contribution in [3.05, 3.63) is 96.6 Å². The van der Waals surface area contributed by atoms with Gasteiger partial charge in [-0.3, -0.25) is 4.90 Å². The molecule has 0 aliphatic carbocycles. The summed E-state index contributed by atoms with van der Waals surface area (Å²) < 4.78 is 7.20. The molecule has 33 heavy (non-hydrogen) atoms. The second kappa shape index (κ2) is 10.1. The molecule has 0 radical (unpaired) electrons. The minimum absolute atomic E-state index is 0.0484. The Bertz CT molecular complexity index is 1020. The SMILES string of the molecule is CC(C)(C)[Si](OC[C@@H]1CC(C#N)CN1Cc1ccccc1)(c1ccccc1)c1ccccc1. The van der Waals surface area contributed by atoms with Gasteiger partial charge in [-0.25, -0.2) is 0 Å². The van der Waals surface area contributed by atoms with Gasteiger partial charge in [-0.15, -0.1) is 0 Å². The van der Waals surface area contributed by atoms with Crippen molar-refractivity contribution >= 4 is 18.7 Å². The Morgan fingerprint density at radius 1 is 0.879 bits per heavy atom. The average Bonchev–Trinajstić information content (AvgIpc) is 3.22. The van der Waals surface area contributed by atoms with Gasteiger partial charge in [-0.1, -0.05) is 112 Å². The third-order valence-corrected chi connectivity index (χ3v) is 11.9. The van der Waals surface area contributed by atoms with Gasteiger partial charge in [0.15, 0.2) is 0 Å². The lowest BCUT2D eigenvalue weighted by Gasteiger charge is -2.44. The van der Waals surface area contributed by atoms with E-state index in [1.54, 1.807) is 0 Å². The van der Waals surface area contributed by atoms with E-state index in [4.69, 9.17) is 4.43 Å². The third kappa shape index (κ3) is 4.96. The van der Waals surface area contributed by atoms with Crippen LogP contribution in [0.15, 0.2) is 91.0 Å². The number of nitrogens with zero attached hydrogens (tertiary/aromatic N) is 2. The van der Waals surface area contributed by atoms with E-state index in [0.717, 1.165) is 19.5 Å². The highest BCUT2D eigenvalue weighted by Gasteiger charge is 2.50. The summed E-state index contributed by atoms with van der Waals surface area (Å²) >= 11 is 0. The molecule has 1 aliphatic heterocycles. The van der Waals surface area contributed by atoms with Crippen molar-refractivity contribution in [3.8, 4) is 6.07 Å². The first-order valence-electron chi connectivity index (χ1n) is 11.9. The molecule has 3 nitrogen and oxygen atoms in total. The molecule has 1 heterocycles. The van der Waals surface area contributed by atoms with Crippen molar-refractivity contribution in [2.45, 2.75) is 44.8 Å². The number of hydrogen-bond donors (Lipinski definition) is 0. The number of hydrogen-bond acceptors (Lipinski definition) is 3. The Hall–Kier alpha value is -2.71. The summed E-state index contributed by atoms with van der Waals surface area (Å²) in [5.41, 5.74) is 1.28. The molecule has 2 atom stereocenters. The van der Waals surface area contributed by atoms with E-state index in [-0.39, 0.29) is 17.0 Å². The van der Waals surface area contributed by atoms with Gasteiger partial charge in [0.25, 0.3) is 8.32 Å². The Morgan fingerprint density at radius 2 is 1.39 bits per heavy atom. The van der Waals surface area contributed by atoms with E-state index < -0.39 is 8.32 Å². The first kappa shape index (κ1) is 23.4. The zero-order chi connectivity index (χ0) is 23.3. The third-order valence-electron chi connectivity index (χ3n) is 6.85. The highest BCUT2D eigenvalue weighted by Crippen LogP contribution is 2.37. The predicted molar refractivity (Wildman–Crippen MR) is 138 cm³/mol. The molecule has 170 valence electrons. The lowest BCUT2D eigenvalue weighted by atomic mass is 10.1. The normalized spacial score (nSPS) is 19.3. The van der Waals surface area contributed by atoms with Gasteiger partial charge >= 0.3 is 0 Å². The van der Waals surface area contributed by atoms with Gasteiger partial charge in [-0.2, -0.15) is 5.26 Å².